The van der Waals surface area contributed by atoms with Crippen LogP contribution in [0.15, 0.2) is 50.6 Å². The molecular formula is C14H11NO2. The molecule has 0 fully saturated rings. The lowest BCUT2D eigenvalue weighted by molar-refractivity contribution is 0.584. The molecule has 0 aliphatic carbocycles. The molecule has 2 heterocycles. The van der Waals surface area contributed by atoms with E-state index in [1.165, 1.54) is 6.07 Å². The van der Waals surface area contributed by atoms with Gasteiger partial charge in [-0.3, -0.25) is 9.79 Å². The van der Waals surface area contributed by atoms with Crippen molar-refractivity contribution in [3.63, 3.8) is 0 Å². The molecule has 1 aromatic heterocycles. The zero-order chi connectivity index (χ0) is 11.7. The Morgan fingerprint density at radius 2 is 2.06 bits per heavy atom. The maximum Gasteiger partial charge on any atom is 0.193 e. The lowest BCUT2D eigenvalue weighted by Crippen LogP contribution is -2.02. The first kappa shape index (κ1) is 10.0. The quantitative estimate of drug-likeness (QED) is 0.748. The highest BCUT2D eigenvalue weighted by Crippen LogP contribution is 2.21. The van der Waals surface area contributed by atoms with Crippen LogP contribution in [0.3, 0.4) is 0 Å². The second kappa shape index (κ2) is 4.01. The van der Waals surface area contributed by atoms with Crippen molar-refractivity contribution in [2.24, 2.45) is 4.99 Å². The summed E-state index contributed by atoms with van der Waals surface area (Å²) in [5.41, 5.74) is 1.33. The maximum atomic E-state index is 11.9. The van der Waals surface area contributed by atoms with Gasteiger partial charge in [0.1, 0.15) is 11.3 Å². The molecule has 0 saturated heterocycles. The molecule has 0 N–H and O–H groups in total. The number of para-hydroxylation sites is 1. The fraction of sp³-hybridized carbons (Fsp3) is 0.143. The summed E-state index contributed by atoms with van der Waals surface area (Å²) in [5.74, 6) is 0.546. The van der Waals surface area contributed by atoms with Crippen molar-refractivity contribution < 1.29 is 4.42 Å². The number of hydrogen-bond donors (Lipinski definition) is 0. The number of allylic oxidation sites excluding steroid dienone is 1. The lowest BCUT2D eigenvalue weighted by Gasteiger charge is -2.06. The molecule has 0 bridgehead atoms. The van der Waals surface area contributed by atoms with Crippen molar-refractivity contribution in [3.8, 4) is 0 Å². The third-order valence-corrected chi connectivity index (χ3v) is 2.75. The topological polar surface area (TPSA) is 42.6 Å². The normalized spacial score (nSPS) is 14.9. The summed E-state index contributed by atoms with van der Waals surface area (Å²) in [4.78, 5) is 16.2. The van der Waals surface area contributed by atoms with Crippen LogP contribution in [0.4, 0.5) is 0 Å². The highest BCUT2D eigenvalue weighted by molar-refractivity contribution is 5.80. The Morgan fingerprint density at radius 1 is 1.18 bits per heavy atom. The van der Waals surface area contributed by atoms with E-state index in [-0.39, 0.29) is 5.43 Å². The van der Waals surface area contributed by atoms with Gasteiger partial charge in [0, 0.05) is 12.3 Å². The summed E-state index contributed by atoms with van der Waals surface area (Å²) in [6, 6.07) is 8.76. The molecule has 3 rings (SSSR count). The molecule has 1 aromatic carbocycles. The van der Waals surface area contributed by atoms with Crippen LogP contribution in [-0.2, 0) is 0 Å². The van der Waals surface area contributed by atoms with E-state index in [2.05, 4.69) is 4.99 Å². The first-order valence-electron chi connectivity index (χ1n) is 5.60. The lowest BCUT2D eigenvalue weighted by atomic mass is 10.1. The summed E-state index contributed by atoms with van der Waals surface area (Å²) in [7, 11) is 0. The molecule has 0 atom stereocenters. The first-order valence-corrected chi connectivity index (χ1v) is 5.60. The van der Waals surface area contributed by atoms with Crippen molar-refractivity contribution in [1.29, 1.82) is 0 Å². The highest BCUT2D eigenvalue weighted by atomic mass is 16.3. The Kier molecular flexibility index (Phi) is 2.37. The van der Waals surface area contributed by atoms with E-state index in [1.54, 1.807) is 12.1 Å². The van der Waals surface area contributed by atoms with E-state index >= 15 is 0 Å². The van der Waals surface area contributed by atoms with E-state index in [0.29, 0.717) is 16.7 Å². The molecular weight excluding hydrogens is 214 g/mol. The standard InChI is InChI=1S/C14H11NO2/c16-12-9-14(11-6-3-4-8-15-11)17-13-7-2-1-5-10(12)13/h1-2,5-9H,3-4H2. The Labute approximate surface area is 98.1 Å². The molecule has 3 heteroatoms. The van der Waals surface area contributed by atoms with E-state index in [4.69, 9.17) is 4.42 Å². The largest absolute Gasteiger partial charge is 0.454 e. The summed E-state index contributed by atoms with van der Waals surface area (Å²) >= 11 is 0. The van der Waals surface area contributed by atoms with Gasteiger partial charge in [-0.2, -0.15) is 0 Å². The van der Waals surface area contributed by atoms with Gasteiger partial charge >= 0.3 is 0 Å². The van der Waals surface area contributed by atoms with Gasteiger partial charge in [-0.1, -0.05) is 18.2 Å². The molecule has 0 saturated carbocycles. The minimum Gasteiger partial charge on any atom is -0.454 e. The van der Waals surface area contributed by atoms with Crippen LogP contribution >= 0.6 is 0 Å². The van der Waals surface area contributed by atoms with Crippen LogP contribution in [0.25, 0.3) is 16.7 Å². The fourth-order valence-electron chi connectivity index (χ4n) is 1.90. The molecule has 2 aromatic rings. The third-order valence-electron chi connectivity index (χ3n) is 2.75. The Morgan fingerprint density at radius 3 is 2.88 bits per heavy atom. The van der Waals surface area contributed by atoms with Crippen LogP contribution in [0, 0.1) is 0 Å². The average Bonchev–Trinajstić information content (AvgIpc) is 2.40. The smallest absolute Gasteiger partial charge is 0.193 e. The predicted molar refractivity (Wildman–Crippen MR) is 68.2 cm³/mol. The second-order valence-corrected chi connectivity index (χ2v) is 3.95. The van der Waals surface area contributed by atoms with E-state index < -0.39 is 0 Å². The van der Waals surface area contributed by atoms with Gasteiger partial charge in [0.2, 0.25) is 0 Å². The number of hydrogen-bond acceptors (Lipinski definition) is 3. The predicted octanol–water partition coefficient (Wildman–Crippen LogP) is 3.00. The Balaban J connectivity index is 2.22. The van der Waals surface area contributed by atoms with Crippen LogP contribution in [0.5, 0.6) is 0 Å². The van der Waals surface area contributed by atoms with Crippen LogP contribution in [0.2, 0.25) is 0 Å². The van der Waals surface area contributed by atoms with Crippen LogP contribution < -0.4 is 5.43 Å². The van der Waals surface area contributed by atoms with Gasteiger partial charge in [-0.15, -0.1) is 0 Å². The minimum absolute atomic E-state index is 0.0245. The van der Waals surface area contributed by atoms with E-state index in [1.807, 2.05) is 24.4 Å². The van der Waals surface area contributed by atoms with Gasteiger partial charge in [-0.25, -0.2) is 0 Å². The van der Waals surface area contributed by atoms with Crippen molar-refractivity contribution in [3.05, 3.63) is 52.4 Å². The molecule has 1 aliphatic rings. The molecule has 0 spiro atoms. The van der Waals surface area contributed by atoms with Gasteiger partial charge in [0.25, 0.3) is 0 Å². The zero-order valence-corrected chi connectivity index (χ0v) is 9.22. The van der Waals surface area contributed by atoms with E-state index in [9.17, 15) is 4.79 Å². The van der Waals surface area contributed by atoms with Gasteiger partial charge in [-0.05, 0) is 25.0 Å². The number of benzene rings is 1. The molecule has 0 amide bonds. The summed E-state index contributed by atoms with van der Waals surface area (Å²) in [5, 5.41) is 0.608. The summed E-state index contributed by atoms with van der Waals surface area (Å²) in [6.45, 7) is 0. The minimum atomic E-state index is -0.0245. The van der Waals surface area contributed by atoms with Crippen LogP contribution in [0.1, 0.15) is 18.6 Å². The van der Waals surface area contributed by atoms with Crippen molar-refractivity contribution in [2.75, 3.05) is 0 Å². The second-order valence-electron chi connectivity index (χ2n) is 3.95. The Bertz CT molecular complexity index is 680. The van der Waals surface area contributed by atoms with Crippen LogP contribution in [-0.4, -0.2) is 6.21 Å². The van der Waals surface area contributed by atoms with Gasteiger partial charge < -0.3 is 4.42 Å². The SMILES string of the molecule is O=c1cc(C2=CCCC=N2)oc2ccccc12. The molecule has 0 unspecified atom stereocenters. The van der Waals surface area contributed by atoms with Gasteiger partial charge in [0.15, 0.2) is 11.2 Å². The monoisotopic (exact) mass is 225 g/mol. The molecule has 0 radical (unpaired) electrons. The fourth-order valence-corrected chi connectivity index (χ4v) is 1.90. The van der Waals surface area contributed by atoms with Crippen molar-refractivity contribution >= 4 is 22.9 Å². The molecule has 1 aliphatic heterocycles. The number of fused-ring (bicyclic) bond motifs is 1. The average molecular weight is 225 g/mol. The first-order chi connectivity index (χ1) is 8.34. The van der Waals surface area contributed by atoms with Crippen molar-refractivity contribution in [2.45, 2.75) is 12.8 Å². The molecule has 3 nitrogen and oxygen atoms in total. The van der Waals surface area contributed by atoms with E-state index in [0.717, 1.165) is 18.5 Å². The summed E-state index contributed by atoms with van der Waals surface area (Å²) < 4.78 is 5.70. The zero-order valence-electron chi connectivity index (χ0n) is 9.22. The number of nitrogens with zero attached hydrogens (tertiary/aromatic N) is 1. The van der Waals surface area contributed by atoms with Crippen molar-refractivity contribution in [1.82, 2.24) is 0 Å². The molecule has 17 heavy (non-hydrogen) atoms. The highest BCUT2D eigenvalue weighted by Gasteiger charge is 2.09. The maximum absolute atomic E-state index is 11.9. The number of aliphatic imine (C=N–C) groups is 1. The summed E-state index contributed by atoms with van der Waals surface area (Å²) in [6.07, 6.45) is 5.73. The third kappa shape index (κ3) is 1.80. The number of rotatable bonds is 1. The Hall–Kier alpha value is -2.16. The molecule has 84 valence electrons. The van der Waals surface area contributed by atoms with Gasteiger partial charge in [0.05, 0.1) is 5.39 Å².